The summed E-state index contributed by atoms with van der Waals surface area (Å²) < 4.78 is 0. The fraction of sp³-hybridized carbons (Fsp3) is 0.269. The molecular formula is C26H26N2O4. The molecule has 2 N–H and O–H groups in total. The van der Waals surface area contributed by atoms with Crippen molar-refractivity contribution in [1.29, 1.82) is 0 Å². The molecule has 6 nitrogen and oxygen atoms in total. The Bertz CT molecular complexity index is 1170. The van der Waals surface area contributed by atoms with Gasteiger partial charge in [0.1, 0.15) is 0 Å². The lowest BCUT2D eigenvalue weighted by atomic mass is 9.85. The lowest BCUT2D eigenvalue weighted by Gasteiger charge is -2.24. The number of fused-ring (bicyclic) bond motifs is 1. The van der Waals surface area contributed by atoms with Gasteiger partial charge in [0.05, 0.1) is 11.8 Å². The fourth-order valence-corrected chi connectivity index (χ4v) is 4.07. The zero-order chi connectivity index (χ0) is 22.7. The molecule has 0 aliphatic carbocycles. The lowest BCUT2D eigenvalue weighted by molar-refractivity contribution is -0.162. The third-order valence-electron chi connectivity index (χ3n) is 5.85. The number of aliphatic carboxylic acids is 1. The lowest BCUT2D eigenvalue weighted by Crippen LogP contribution is -2.47. The van der Waals surface area contributed by atoms with Crippen LogP contribution in [0.4, 0.5) is 0 Å². The highest BCUT2D eigenvalue weighted by molar-refractivity contribution is 6.03. The Balaban J connectivity index is 1.53. The van der Waals surface area contributed by atoms with Crippen molar-refractivity contribution in [3.8, 4) is 0 Å². The molecule has 0 spiro atoms. The van der Waals surface area contributed by atoms with E-state index >= 15 is 0 Å². The van der Waals surface area contributed by atoms with Crippen molar-refractivity contribution < 1.29 is 19.5 Å². The predicted octanol–water partition coefficient (Wildman–Crippen LogP) is 4.44. The zero-order valence-corrected chi connectivity index (χ0v) is 18.1. The highest BCUT2D eigenvalue weighted by Gasteiger charge is 2.48. The maximum Gasteiger partial charge on any atom is 0.351 e. The largest absolute Gasteiger partial charge is 0.478 e. The van der Waals surface area contributed by atoms with E-state index in [0.29, 0.717) is 11.3 Å². The molecule has 0 saturated carbocycles. The van der Waals surface area contributed by atoms with Crippen LogP contribution in [0.5, 0.6) is 0 Å². The summed E-state index contributed by atoms with van der Waals surface area (Å²) in [7, 11) is 0. The smallest absolute Gasteiger partial charge is 0.351 e. The van der Waals surface area contributed by atoms with Gasteiger partial charge < -0.3 is 15.3 Å². The average molecular weight is 431 g/mol. The summed E-state index contributed by atoms with van der Waals surface area (Å²) in [5.41, 5.74) is 0.458. The Labute approximate surface area is 186 Å². The Kier molecular flexibility index (Phi) is 5.95. The molecule has 3 aromatic rings. The van der Waals surface area contributed by atoms with Crippen LogP contribution in [0.2, 0.25) is 0 Å². The van der Waals surface area contributed by atoms with E-state index in [9.17, 15) is 14.7 Å². The van der Waals surface area contributed by atoms with Gasteiger partial charge in [-0.3, -0.25) is 4.79 Å². The van der Waals surface area contributed by atoms with Crippen LogP contribution in [0.25, 0.3) is 10.8 Å². The first kappa shape index (κ1) is 21.6. The van der Waals surface area contributed by atoms with Gasteiger partial charge in [-0.25, -0.2) is 4.79 Å². The summed E-state index contributed by atoms with van der Waals surface area (Å²) in [6.07, 6.45) is 0.303. The molecule has 1 unspecified atom stereocenters. The number of hydrogen-bond acceptors (Lipinski definition) is 4. The van der Waals surface area contributed by atoms with Crippen molar-refractivity contribution in [2.45, 2.75) is 38.3 Å². The number of carbonyl (C=O) groups is 2. The average Bonchev–Trinajstić information content (AvgIpc) is 3.22. The molecule has 1 heterocycles. The van der Waals surface area contributed by atoms with Crippen molar-refractivity contribution in [1.82, 2.24) is 5.32 Å². The predicted molar refractivity (Wildman–Crippen MR) is 124 cm³/mol. The highest BCUT2D eigenvalue weighted by Crippen LogP contribution is 2.31. The number of hydrogen-bond donors (Lipinski definition) is 2. The first-order chi connectivity index (χ1) is 15.4. The monoisotopic (exact) mass is 430 g/mol. The number of nitrogens with one attached hydrogen (secondary N) is 1. The summed E-state index contributed by atoms with van der Waals surface area (Å²) in [5, 5.41) is 19.2. The Morgan fingerprint density at radius 3 is 2.41 bits per heavy atom. The minimum atomic E-state index is -1.47. The van der Waals surface area contributed by atoms with Crippen molar-refractivity contribution in [2.75, 3.05) is 0 Å². The van der Waals surface area contributed by atoms with E-state index in [-0.39, 0.29) is 24.7 Å². The van der Waals surface area contributed by atoms with Gasteiger partial charge in [0.25, 0.3) is 5.91 Å². The van der Waals surface area contributed by atoms with Crippen LogP contribution in [-0.4, -0.2) is 34.3 Å². The van der Waals surface area contributed by atoms with E-state index < -0.39 is 17.6 Å². The van der Waals surface area contributed by atoms with Crippen molar-refractivity contribution >= 4 is 28.4 Å². The SMILES string of the molecule is CC(C)[C@H](NC(=O)c1ccc2ccccc2c1)C1=NOC(Cc2ccccc2)(C(=O)O)C1. The number of oxime groups is 1. The number of carboxylic acids is 1. The molecule has 3 aromatic carbocycles. The van der Waals surface area contributed by atoms with E-state index in [0.717, 1.165) is 16.3 Å². The Morgan fingerprint density at radius 2 is 1.72 bits per heavy atom. The van der Waals surface area contributed by atoms with Crippen LogP contribution in [-0.2, 0) is 16.1 Å². The molecule has 1 amide bonds. The minimum absolute atomic E-state index is 0.00285. The van der Waals surface area contributed by atoms with Gasteiger partial charge in [-0.05, 0) is 34.4 Å². The molecule has 1 aliphatic heterocycles. The molecule has 4 rings (SSSR count). The number of amides is 1. The van der Waals surface area contributed by atoms with Crippen LogP contribution in [0, 0.1) is 5.92 Å². The summed E-state index contributed by atoms with van der Waals surface area (Å²) >= 11 is 0. The number of carbonyl (C=O) groups excluding carboxylic acids is 1. The maximum atomic E-state index is 13.0. The molecule has 2 atom stereocenters. The number of rotatable bonds is 7. The fourth-order valence-electron chi connectivity index (χ4n) is 4.07. The van der Waals surface area contributed by atoms with Crippen molar-refractivity contribution in [3.63, 3.8) is 0 Å². The zero-order valence-electron chi connectivity index (χ0n) is 18.1. The highest BCUT2D eigenvalue weighted by atomic mass is 16.7. The molecule has 32 heavy (non-hydrogen) atoms. The molecule has 0 radical (unpaired) electrons. The third-order valence-corrected chi connectivity index (χ3v) is 5.85. The van der Waals surface area contributed by atoms with Crippen LogP contribution >= 0.6 is 0 Å². The van der Waals surface area contributed by atoms with Crippen LogP contribution < -0.4 is 5.32 Å². The molecular weight excluding hydrogens is 404 g/mol. The number of carboxylic acid groups (broad SMARTS) is 1. The second-order valence-electron chi connectivity index (χ2n) is 8.57. The van der Waals surface area contributed by atoms with E-state index in [1.807, 2.05) is 80.6 Å². The molecule has 0 aromatic heterocycles. The first-order valence-corrected chi connectivity index (χ1v) is 10.7. The molecule has 0 saturated heterocycles. The summed E-state index contributed by atoms with van der Waals surface area (Å²) in [6.45, 7) is 3.93. The first-order valence-electron chi connectivity index (χ1n) is 10.7. The van der Waals surface area contributed by atoms with E-state index in [1.165, 1.54) is 0 Å². The summed E-state index contributed by atoms with van der Waals surface area (Å²) in [6, 6.07) is 22.3. The minimum Gasteiger partial charge on any atom is -0.478 e. The third kappa shape index (κ3) is 4.35. The molecule has 0 bridgehead atoms. The number of nitrogens with zero attached hydrogens (tertiary/aromatic N) is 1. The molecule has 164 valence electrons. The second kappa shape index (κ2) is 8.83. The summed E-state index contributed by atoms with van der Waals surface area (Å²) in [4.78, 5) is 30.7. The van der Waals surface area contributed by atoms with E-state index in [2.05, 4.69) is 10.5 Å². The van der Waals surface area contributed by atoms with Crippen LogP contribution in [0.1, 0.15) is 36.2 Å². The van der Waals surface area contributed by atoms with Gasteiger partial charge in [-0.1, -0.05) is 79.7 Å². The number of benzene rings is 3. The van der Waals surface area contributed by atoms with Crippen LogP contribution in [0.3, 0.4) is 0 Å². The van der Waals surface area contributed by atoms with Crippen molar-refractivity contribution in [2.24, 2.45) is 11.1 Å². The Morgan fingerprint density at radius 1 is 1.03 bits per heavy atom. The normalized spacial score (nSPS) is 18.8. The molecule has 6 heteroatoms. The van der Waals surface area contributed by atoms with Crippen molar-refractivity contribution in [3.05, 3.63) is 83.9 Å². The van der Waals surface area contributed by atoms with Gasteiger partial charge in [0.2, 0.25) is 5.60 Å². The van der Waals surface area contributed by atoms with E-state index in [1.54, 1.807) is 6.07 Å². The van der Waals surface area contributed by atoms with Gasteiger partial charge in [-0.15, -0.1) is 0 Å². The molecule has 0 fully saturated rings. The van der Waals surface area contributed by atoms with E-state index in [4.69, 9.17) is 4.84 Å². The van der Waals surface area contributed by atoms with Gasteiger partial charge >= 0.3 is 5.97 Å². The molecule has 1 aliphatic rings. The topological polar surface area (TPSA) is 88.0 Å². The standard InChI is InChI=1S/C26H26N2O4/c1-17(2)23(27-24(29)21-13-12-19-10-6-7-11-20(19)14-21)22-16-26(25(30)31,32-28-22)15-18-8-4-3-5-9-18/h3-14,17,23H,15-16H2,1-2H3,(H,27,29)(H,30,31)/t23-,26?/m0/s1. The maximum absolute atomic E-state index is 13.0. The second-order valence-corrected chi connectivity index (χ2v) is 8.57. The van der Waals surface area contributed by atoms with Crippen LogP contribution in [0.15, 0.2) is 78.0 Å². The quantitative estimate of drug-likeness (QED) is 0.580. The van der Waals surface area contributed by atoms with Gasteiger partial charge in [0.15, 0.2) is 0 Å². The Hall–Kier alpha value is -3.67. The van der Waals surface area contributed by atoms with Gasteiger partial charge in [0, 0.05) is 18.4 Å². The summed E-state index contributed by atoms with van der Waals surface area (Å²) in [5.74, 6) is -1.29. The van der Waals surface area contributed by atoms with Gasteiger partial charge in [-0.2, -0.15) is 0 Å².